The number of ether oxygens (including phenoxy) is 1. The predicted octanol–water partition coefficient (Wildman–Crippen LogP) is 4.35. The van der Waals surface area contributed by atoms with Gasteiger partial charge in [-0.25, -0.2) is 8.42 Å². The lowest BCUT2D eigenvalue weighted by molar-refractivity contribution is 0.281. The van der Waals surface area contributed by atoms with Gasteiger partial charge in [0.1, 0.15) is 5.75 Å². The molecule has 1 atom stereocenters. The molecule has 1 aromatic carbocycles. The van der Waals surface area contributed by atoms with Crippen molar-refractivity contribution in [2.24, 2.45) is 5.92 Å². The third kappa shape index (κ3) is 7.72. The second-order valence-corrected chi connectivity index (χ2v) is 9.45. The van der Waals surface area contributed by atoms with E-state index in [2.05, 4.69) is 32.9 Å². The lowest BCUT2D eigenvalue weighted by atomic mass is 9.87. The van der Waals surface area contributed by atoms with Crippen molar-refractivity contribution in [1.29, 1.82) is 0 Å². The van der Waals surface area contributed by atoms with Gasteiger partial charge in [0.15, 0.2) is 0 Å². The van der Waals surface area contributed by atoms with E-state index < -0.39 is 9.05 Å². The summed E-state index contributed by atoms with van der Waals surface area (Å²) in [4.78, 5) is 0. The fourth-order valence-electron chi connectivity index (χ4n) is 1.92. The molecule has 0 aromatic heterocycles. The molecule has 120 valence electrons. The van der Waals surface area contributed by atoms with E-state index in [9.17, 15) is 8.42 Å². The molecular formula is C16H25ClO3S. The topological polar surface area (TPSA) is 43.4 Å². The molecule has 0 saturated carbocycles. The molecule has 0 aliphatic heterocycles. The molecule has 1 aromatic rings. The van der Waals surface area contributed by atoms with Crippen molar-refractivity contribution in [2.75, 3.05) is 12.4 Å². The number of halogens is 1. The number of benzene rings is 1. The first-order valence-electron chi connectivity index (χ1n) is 7.23. The fourth-order valence-corrected chi connectivity index (χ4v) is 2.87. The average molecular weight is 333 g/mol. The first kappa shape index (κ1) is 18.3. The molecule has 0 fully saturated rings. The molecule has 0 heterocycles. The maximum absolute atomic E-state index is 10.9. The third-order valence-electron chi connectivity index (χ3n) is 3.43. The molecule has 0 aliphatic carbocycles. The van der Waals surface area contributed by atoms with Gasteiger partial charge in [-0.2, -0.15) is 0 Å². The molecule has 3 nitrogen and oxygen atoms in total. The average Bonchev–Trinajstić information content (AvgIpc) is 2.35. The molecule has 0 N–H and O–H groups in total. The molecule has 1 rings (SSSR count). The third-order valence-corrected chi connectivity index (χ3v) is 4.62. The molecule has 0 radical (unpaired) electrons. The quantitative estimate of drug-likeness (QED) is 0.697. The van der Waals surface area contributed by atoms with Crippen LogP contribution < -0.4 is 4.74 Å². The number of hydrogen-bond acceptors (Lipinski definition) is 3. The van der Waals surface area contributed by atoms with Crippen LogP contribution in [0.15, 0.2) is 24.3 Å². The van der Waals surface area contributed by atoms with Gasteiger partial charge in [-0.05, 0) is 41.9 Å². The van der Waals surface area contributed by atoms with Crippen LogP contribution in [0.1, 0.15) is 46.1 Å². The van der Waals surface area contributed by atoms with E-state index in [1.165, 1.54) is 5.56 Å². The number of rotatable bonds is 7. The van der Waals surface area contributed by atoms with Crippen LogP contribution in [0.25, 0.3) is 0 Å². The summed E-state index contributed by atoms with van der Waals surface area (Å²) in [5, 5.41) is 0. The van der Waals surface area contributed by atoms with E-state index in [1.807, 2.05) is 19.1 Å². The lowest BCUT2D eigenvalue weighted by Gasteiger charge is -2.20. The van der Waals surface area contributed by atoms with Crippen LogP contribution in [0, 0.1) is 5.92 Å². The maximum Gasteiger partial charge on any atom is 0.232 e. The van der Waals surface area contributed by atoms with E-state index in [1.54, 1.807) is 0 Å². The van der Waals surface area contributed by atoms with Crippen LogP contribution in [0.2, 0.25) is 0 Å². The fraction of sp³-hybridized carbons (Fsp3) is 0.625. The Hall–Kier alpha value is -0.740. The van der Waals surface area contributed by atoms with Crippen LogP contribution in [0.4, 0.5) is 0 Å². The van der Waals surface area contributed by atoms with Crippen molar-refractivity contribution in [1.82, 2.24) is 0 Å². The minimum absolute atomic E-state index is 0.0230. The van der Waals surface area contributed by atoms with Gasteiger partial charge >= 0.3 is 0 Å². The molecule has 1 unspecified atom stereocenters. The van der Waals surface area contributed by atoms with Gasteiger partial charge in [-0.15, -0.1) is 0 Å². The summed E-state index contributed by atoms with van der Waals surface area (Å²) in [6.45, 7) is 9.09. The zero-order valence-electron chi connectivity index (χ0n) is 13.2. The second kappa shape index (κ2) is 7.50. The Kier molecular flexibility index (Phi) is 6.54. The highest BCUT2D eigenvalue weighted by molar-refractivity contribution is 8.13. The summed E-state index contributed by atoms with van der Waals surface area (Å²) < 4.78 is 27.6. The SMILES string of the molecule is CC(CCOc1cccc(C(C)(C)C)c1)CCS(=O)(=O)Cl. The largest absolute Gasteiger partial charge is 0.494 e. The molecular weight excluding hydrogens is 308 g/mol. The monoisotopic (exact) mass is 332 g/mol. The van der Waals surface area contributed by atoms with Crippen molar-refractivity contribution in [2.45, 2.75) is 46.0 Å². The first-order valence-corrected chi connectivity index (χ1v) is 9.71. The normalized spacial score (nSPS) is 14.0. The standard InChI is InChI=1S/C16H25ClO3S/c1-13(9-11-21(17,18)19)8-10-20-15-7-5-6-14(12-15)16(2,3)4/h5-7,12-13H,8-11H2,1-4H3. The van der Waals surface area contributed by atoms with Crippen LogP contribution in [0.3, 0.4) is 0 Å². The minimum Gasteiger partial charge on any atom is -0.494 e. The predicted molar refractivity (Wildman–Crippen MR) is 88.7 cm³/mol. The summed E-state index contributed by atoms with van der Waals surface area (Å²) in [6, 6.07) is 8.11. The van der Waals surface area contributed by atoms with Gasteiger partial charge in [-0.3, -0.25) is 0 Å². The van der Waals surface area contributed by atoms with Gasteiger partial charge in [0.2, 0.25) is 9.05 Å². The molecule has 0 spiro atoms. The Morgan fingerprint density at radius 3 is 2.48 bits per heavy atom. The van der Waals surface area contributed by atoms with Crippen molar-refractivity contribution in [3.8, 4) is 5.75 Å². The molecule has 0 amide bonds. The van der Waals surface area contributed by atoms with Gasteiger partial charge in [-0.1, -0.05) is 39.8 Å². The highest BCUT2D eigenvalue weighted by atomic mass is 35.7. The summed E-state index contributed by atoms with van der Waals surface area (Å²) in [5.41, 5.74) is 1.34. The van der Waals surface area contributed by atoms with Crippen LogP contribution in [0.5, 0.6) is 5.75 Å². The molecule has 0 bridgehead atoms. The molecule has 0 saturated heterocycles. The van der Waals surface area contributed by atoms with Crippen LogP contribution in [-0.4, -0.2) is 20.8 Å². The molecule has 5 heteroatoms. The Morgan fingerprint density at radius 1 is 1.24 bits per heavy atom. The van der Waals surface area contributed by atoms with E-state index in [4.69, 9.17) is 15.4 Å². The maximum atomic E-state index is 10.9. The van der Waals surface area contributed by atoms with E-state index in [0.717, 1.165) is 12.2 Å². The summed E-state index contributed by atoms with van der Waals surface area (Å²) in [5.74, 6) is 1.15. The van der Waals surface area contributed by atoms with Gasteiger partial charge in [0.25, 0.3) is 0 Å². The Balaban J connectivity index is 2.42. The molecule has 0 aliphatic rings. The summed E-state index contributed by atoms with van der Waals surface area (Å²) in [7, 11) is 1.82. The zero-order valence-corrected chi connectivity index (χ0v) is 14.8. The minimum atomic E-state index is -3.39. The summed E-state index contributed by atoms with van der Waals surface area (Å²) >= 11 is 0. The summed E-state index contributed by atoms with van der Waals surface area (Å²) in [6.07, 6.45) is 1.38. The lowest BCUT2D eigenvalue weighted by Crippen LogP contribution is -2.11. The molecule has 21 heavy (non-hydrogen) atoms. The first-order chi connectivity index (χ1) is 9.58. The second-order valence-electron chi connectivity index (χ2n) is 6.55. The van der Waals surface area contributed by atoms with Crippen molar-refractivity contribution >= 4 is 19.7 Å². The van der Waals surface area contributed by atoms with E-state index >= 15 is 0 Å². The van der Waals surface area contributed by atoms with Crippen LogP contribution in [-0.2, 0) is 14.5 Å². The van der Waals surface area contributed by atoms with E-state index in [0.29, 0.717) is 13.0 Å². The smallest absolute Gasteiger partial charge is 0.232 e. The van der Waals surface area contributed by atoms with Gasteiger partial charge in [0, 0.05) is 10.7 Å². The van der Waals surface area contributed by atoms with Crippen molar-refractivity contribution in [3.05, 3.63) is 29.8 Å². The Labute approximate surface area is 133 Å². The zero-order chi connectivity index (χ0) is 16.1. The Morgan fingerprint density at radius 2 is 1.90 bits per heavy atom. The van der Waals surface area contributed by atoms with Crippen molar-refractivity contribution in [3.63, 3.8) is 0 Å². The number of hydrogen-bond donors (Lipinski definition) is 0. The highest BCUT2D eigenvalue weighted by Crippen LogP contribution is 2.25. The highest BCUT2D eigenvalue weighted by Gasteiger charge is 2.14. The van der Waals surface area contributed by atoms with Crippen LogP contribution >= 0.6 is 10.7 Å². The van der Waals surface area contributed by atoms with E-state index in [-0.39, 0.29) is 17.1 Å². The van der Waals surface area contributed by atoms with Gasteiger partial charge in [0.05, 0.1) is 12.4 Å². The van der Waals surface area contributed by atoms with Gasteiger partial charge < -0.3 is 4.74 Å². The Bertz CT molecular complexity index is 547. The van der Waals surface area contributed by atoms with Crippen molar-refractivity contribution < 1.29 is 13.2 Å².